The van der Waals surface area contributed by atoms with Gasteiger partial charge in [-0.1, -0.05) is 47.6 Å². The predicted molar refractivity (Wildman–Crippen MR) is 70.2 cm³/mol. The number of hydrogen-bond donors (Lipinski definition) is 2. The zero-order valence-corrected chi connectivity index (χ0v) is 10.3. The average molecular weight is 248 g/mol. The summed E-state index contributed by atoms with van der Waals surface area (Å²) in [7, 11) is 0. The fraction of sp³-hybridized carbons (Fsp3) is 0.143. The highest BCUT2D eigenvalue weighted by Crippen LogP contribution is 1.98. The van der Waals surface area contributed by atoms with Gasteiger partial charge in [-0.2, -0.15) is 0 Å². The molecule has 0 atom stereocenters. The molecule has 0 heterocycles. The molecular weight excluding hydrogens is 232 g/mol. The van der Waals surface area contributed by atoms with Crippen LogP contribution in [-0.2, 0) is 9.59 Å². The maximum Gasteiger partial charge on any atom is 0.328 e. The number of allylic oxidation sites excluding steroid dienone is 8. The molecule has 0 unspecified atom stereocenters. The van der Waals surface area contributed by atoms with Gasteiger partial charge in [-0.3, -0.25) is 0 Å². The molecular formula is C14H16O4. The van der Waals surface area contributed by atoms with E-state index < -0.39 is 11.9 Å². The van der Waals surface area contributed by atoms with Crippen molar-refractivity contribution in [2.45, 2.75) is 13.8 Å². The van der Waals surface area contributed by atoms with Gasteiger partial charge in [0.1, 0.15) is 0 Å². The number of rotatable bonds is 6. The summed E-state index contributed by atoms with van der Waals surface area (Å²) in [6.45, 7) is 3.56. The minimum Gasteiger partial charge on any atom is -0.478 e. The molecule has 0 rings (SSSR count). The molecule has 0 radical (unpaired) electrons. The highest BCUT2D eigenvalue weighted by Gasteiger charge is 1.86. The van der Waals surface area contributed by atoms with Crippen LogP contribution in [0, 0.1) is 0 Å². The molecule has 0 aliphatic rings. The van der Waals surface area contributed by atoms with Crippen LogP contribution in [0.4, 0.5) is 0 Å². The van der Waals surface area contributed by atoms with Crippen LogP contribution in [0.2, 0.25) is 0 Å². The fourth-order valence-electron chi connectivity index (χ4n) is 0.931. The largest absolute Gasteiger partial charge is 0.478 e. The van der Waals surface area contributed by atoms with Gasteiger partial charge in [0.25, 0.3) is 0 Å². The lowest BCUT2D eigenvalue weighted by Crippen LogP contribution is -1.85. The van der Waals surface area contributed by atoms with Gasteiger partial charge in [0.2, 0.25) is 0 Å². The molecule has 96 valence electrons. The van der Waals surface area contributed by atoms with Crippen molar-refractivity contribution < 1.29 is 19.8 Å². The van der Waals surface area contributed by atoms with E-state index in [1.165, 1.54) is 12.2 Å². The zero-order valence-electron chi connectivity index (χ0n) is 10.3. The van der Waals surface area contributed by atoms with E-state index >= 15 is 0 Å². The van der Waals surface area contributed by atoms with Gasteiger partial charge in [0, 0.05) is 12.2 Å². The Morgan fingerprint density at radius 3 is 1.33 bits per heavy atom. The molecule has 0 aromatic rings. The van der Waals surface area contributed by atoms with Crippen molar-refractivity contribution in [1.29, 1.82) is 0 Å². The molecule has 0 aromatic heterocycles. The Kier molecular flexibility index (Phi) is 7.61. The van der Waals surface area contributed by atoms with Crippen molar-refractivity contribution in [2.24, 2.45) is 0 Å². The number of carboxylic acids is 2. The number of carbonyl (C=O) groups is 2. The van der Waals surface area contributed by atoms with Crippen molar-refractivity contribution in [3.8, 4) is 0 Å². The second kappa shape index (κ2) is 8.75. The number of aliphatic carboxylic acids is 2. The molecule has 0 saturated carbocycles. The average Bonchev–Trinajstić information content (AvgIpc) is 2.29. The van der Waals surface area contributed by atoms with E-state index in [0.29, 0.717) is 0 Å². The monoisotopic (exact) mass is 248 g/mol. The van der Waals surface area contributed by atoms with Gasteiger partial charge in [-0.15, -0.1) is 0 Å². The maximum atomic E-state index is 10.3. The first-order chi connectivity index (χ1) is 8.41. The van der Waals surface area contributed by atoms with Crippen molar-refractivity contribution >= 4 is 11.9 Å². The molecule has 4 heteroatoms. The highest BCUT2D eigenvalue weighted by molar-refractivity contribution is 5.80. The van der Waals surface area contributed by atoms with Crippen LogP contribution in [-0.4, -0.2) is 22.2 Å². The van der Waals surface area contributed by atoms with Crippen molar-refractivity contribution in [1.82, 2.24) is 0 Å². The van der Waals surface area contributed by atoms with Gasteiger partial charge in [0.05, 0.1) is 0 Å². The topological polar surface area (TPSA) is 74.6 Å². The Morgan fingerprint density at radius 2 is 1.06 bits per heavy atom. The summed E-state index contributed by atoms with van der Waals surface area (Å²) >= 11 is 0. The summed E-state index contributed by atoms with van der Waals surface area (Å²) in [5.41, 5.74) is 1.61. The highest BCUT2D eigenvalue weighted by atomic mass is 16.4. The molecule has 0 fully saturated rings. The number of hydrogen-bond acceptors (Lipinski definition) is 2. The van der Waals surface area contributed by atoms with Crippen LogP contribution >= 0.6 is 0 Å². The van der Waals surface area contributed by atoms with Crippen LogP contribution in [0.3, 0.4) is 0 Å². The zero-order chi connectivity index (χ0) is 14.0. The van der Waals surface area contributed by atoms with E-state index in [0.717, 1.165) is 23.3 Å². The summed E-state index contributed by atoms with van der Waals surface area (Å²) < 4.78 is 0. The standard InChI is InChI=1S/C14H16O4/c1-11(7-9-13(15)16)5-3-4-6-12(2)8-10-14(17)18/h3-10H,1-2H3,(H,15,16)(H,17,18)/b4-3+,9-7+,10-8?,11-5+,12-6?. The quantitative estimate of drug-likeness (QED) is 0.560. The molecule has 2 N–H and O–H groups in total. The fourth-order valence-corrected chi connectivity index (χ4v) is 0.931. The first-order valence-corrected chi connectivity index (χ1v) is 5.25. The van der Waals surface area contributed by atoms with Crippen LogP contribution in [0.1, 0.15) is 13.8 Å². The Morgan fingerprint density at radius 1 is 0.722 bits per heavy atom. The summed E-state index contributed by atoms with van der Waals surface area (Å²) in [5.74, 6) is -1.97. The van der Waals surface area contributed by atoms with Crippen LogP contribution in [0.25, 0.3) is 0 Å². The Balaban J connectivity index is 4.41. The van der Waals surface area contributed by atoms with E-state index in [1.54, 1.807) is 38.2 Å². The molecule has 0 spiro atoms. The Hall–Kier alpha value is -2.36. The van der Waals surface area contributed by atoms with Crippen LogP contribution in [0.15, 0.2) is 59.8 Å². The summed E-state index contributed by atoms with van der Waals surface area (Å²) in [5, 5.41) is 16.8. The molecule has 0 saturated heterocycles. The molecule has 18 heavy (non-hydrogen) atoms. The summed E-state index contributed by atoms with van der Waals surface area (Å²) in [6, 6.07) is 0. The molecule has 4 nitrogen and oxygen atoms in total. The molecule has 0 aliphatic heterocycles. The molecule has 0 bridgehead atoms. The lowest BCUT2D eigenvalue weighted by Gasteiger charge is -1.88. The van der Waals surface area contributed by atoms with Crippen molar-refractivity contribution in [3.05, 3.63) is 59.8 Å². The normalized spacial score (nSPS) is 13.9. The van der Waals surface area contributed by atoms with Crippen LogP contribution < -0.4 is 0 Å². The second-order valence-electron chi connectivity index (χ2n) is 3.55. The van der Waals surface area contributed by atoms with E-state index in [1.807, 2.05) is 0 Å². The first-order valence-electron chi connectivity index (χ1n) is 5.25. The Bertz CT molecular complexity index is 406. The van der Waals surface area contributed by atoms with E-state index in [4.69, 9.17) is 10.2 Å². The third-order valence-electron chi connectivity index (χ3n) is 1.81. The number of carboxylic acid groups (broad SMARTS) is 2. The minimum absolute atomic E-state index is 0.806. The second-order valence-corrected chi connectivity index (χ2v) is 3.55. The van der Waals surface area contributed by atoms with Crippen LogP contribution in [0.5, 0.6) is 0 Å². The summed E-state index contributed by atoms with van der Waals surface area (Å²) in [4.78, 5) is 20.5. The van der Waals surface area contributed by atoms with Gasteiger partial charge in [-0.05, 0) is 13.8 Å². The molecule has 0 aromatic carbocycles. The third kappa shape index (κ3) is 10.2. The van der Waals surface area contributed by atoms with Gasteiger partial charge < -0.3 is 10.2 Å². The summed E-state index contributed by atoms with van der Waals surface area (Å²) in [6.07, 6.45) is 12.1. The minimum atomic E-state index is -0.985. The third-order valence-corrected chi connectivity index (χ3v) is 1.81. The first kappa shape index (κ1) is 15.6. The maximum absolute atomic E-state index is 10.3. The smallest absolute Gasteiger partial charge is 0.328 e. The van der Waals surface area contributed by atoms with E-state index in [-0.39, 0.29) is 0 Å². The lowest BCUT2D eigenvalue weighted by atomic mass is 10.2. The van der Waals surface area contributed by atoms with E-state index in [9.17, 15) is 9.59 Å². The van der Waals surface area contributed by atoms with Gasteiger partial charge >= 0.3 is 11.9 Å². The van der Waals surface area contributed by atoms with Crippen molar-refractivity contribution in [2.75, 3.05) is 0 Å². The Labute approximate surface area is 106 Å². The SMILES string of the molecule is CC(C=CC(=O)O)=C/C=C/C=C(C)/C=C/C(=O)O. The van der Waals surface area contributed by atoms with Gasteiger partial charge in [-0.25, -0.2) is 9.59 Å². The predicted octanol–water partition coefficient (Wildman–Crippen LogP) is 2.72. The van der Waals surface area contributed by atoms with Crippen molar-refractivity contribution in [3.63, 3.8) is 0 Å². The van der Waals surface area contributed by atoms with Gasteiger partial charge in [0.15, 0.2) is 0 Å². The molecule has 0 aliphatic carbocycles. The van der Waals surface area contributed by atoms with E-state index in [2.05, 4.69) is 0 Å². The molecule has 0 amide bonds. The lowest BCUT2D eigenvalue weighted by molar-refractivity contribution is -0.132.